The van der Waals surface area contributed by atoms with Crippen molar-refractivity contribution < 1.29 is 9.63 Å². The second-order valence-electron chi connectivity index (χ2n) is 3.42. The molecule has 16 heavy (non-hydrogen) atoms. The molecule has 0 amide bonds. The van der Waals surface area contributed by atoms with Crippen molar-refractivity contribution in [3.8, 4) is 16.9 Å². The highest BCUT2D eigenvalue weighted by Gasteiger charge is 1.98. The molecule has 0 aliphatic heterocycles. The maximum atomic E-state index is 8.98. The smallest absolute Gasteiger partial charge is 0.118 e. The van der Waals surface area contributed by atoms with Crippen LogP contribution < -0.4 is 10.0 Å². The van der Waals surface area contributed by atoms with Gasteiger partial charge in [-0.1, -0.05) is 36.4 Å². The maximum Gasteiger partial charge on any atom is 0.118 e. The third-order valence-electron chi connectivity index (χ3n) is 2.44. The van der Waals surface area contributed by atoms with Crippen LogP contribution in [0.3, 0.4) is 0 Å². The van der Waals surface area contributed by atoms with E-state index < -0.39 is 0 Å². The standard InChI is InChI=1S/C13H13O2P/c1-15-12-6-2-10(3-7-12)11-4-8-13(16-14)9-5-11/h2-9,14,16H,1H3. The van der Waals surface area contributed by atoms with E-state index >= 15 is 0 Å². The van der Waals surface area contributed by atoms with Crippen molar-refractivity contribution in [3.63, 3.8) is 0 Å². The minimum atomic E-state index is -0.138. The van der Waals surface area contributed by atoms with Gasteiger partial charge in [-0.15, -0.1) is 0 Å². The Morgan fingerprint density at radius 2 is 1.38 bits per heavy atom. The molecule has 0 bridgehead atoms. The van der Waals surface area contributed by atoms with Gasteiger partial charge in [0.1, 0.15) is 5.75 Å². The van der Waals surface area contributed by atoms with E-state index in [2.05, 4.69) is 0 Å². The highest BCUT2D eigenvalue weighted by Crippen LogP contribution is 2.22. The molecule has 1 atom stereocenters. The Labute approximate surface area is 96.8 Å². The summed E-state index contributed by atoms with van der Waals surface area (Å²) in [6.07, 6.45) is 0. The molecule has 0 spiro atoms. The summed E-state index contributed by atoms with van der Waals surface area (Å²) in [5, 5.41) is 0.956. The van der Waals surface area contributed by atoms with Crippen LogP contribution in [0.1, 0.15) is 0 Å². The van der Waals surface area contributed by atoms with Crippen LogP contribution >= 0.6 is 8.81 Å². The van der Waals surface area contributed by atoms with E-state index in [0.29, 0.717) is 0 Å². The molecule has 3 heteroatoms. The third kappa shape index (κ3) is 2.41. The summed E-state index contributed by atoms with van der Waals surface area (Å²) in [6.45, 7) is 0. The molecule has 0 saturated carbocycles. The van der Waals surface area contributed by atoms with Gasteiger partial charge in [0, 0.05) is 8.81 Å². The maximum absolute atomic E-state index is 8.98. The van der Waals surface area contributed by atoms with E-state index in [0.717, 1.165) is 22.2 Å². The predicted molar refractivity (Wildman–Crippen MR) is 68.6 cm³/mol. The van der Waals surface area contributed by atoms with Gasteiger partial charge in [-0.2, -0.15) is 0 Å². The highest BCUT2D eigenvalue weighted by molar-refractivity contribution is 7.40. The van der Waals surface area contributed by atoms with Gasteiger partial charge in [-0.3, -0.25) is 0 Å². The lowest BCUT2D eigenvalue weighted by Gasteiger charge is -2.04. The van der Waals surface area contributed by atoms with E-state index in [-0.39, 0.29) is 8.81 Å². The zero-order valence-electron chi connectivity index (χ0n) is 8.97. The number of benzene rings is 2. The molecule has 0 fully saturated rings. The van der Waals surface area contributed by atoms with E-state index in [9.17, 15) is 0 Å². The molecule has 0 heterocycles. The number of hydrogen-bond donors (Lipinski definition) is 1. The number of rotatable bonds is 3. The van der Waals surface area contributed by atoms with E-state index in [4.69, 9.17) is 9.63 Å². The van der Waals surface area contributed by atoms with Gasteiger partial charge >= 0.3 is 0 Å². The monoisotopic (exact) mass is 232 g/mol. The first kappa shape index (κ1) is 11.1. The van der Waals surface area contributed by atoms with Gasteiger partial charge in [-0.25, -0.2) is 0 Å². The Hall–Kier alpha value is -1.37. The quantitative estimate of drug-likeness (QED) is 0.824. The molecule has 2 aromatic carbocycles. The van der Waals surface area contributed by atoms with Crippen molar-refractivity contribution in [1.29, 1.82) is 0 Å². The van der Waals surface area contributed by atoms with Crippen LogP contribution in [-0.4, -0.2) is 12.0 Å². The Morgan fingerprint density at radius 1 is 0.875 bits per heavy atom. The summed E-state index contributed by atoms with van der Waals surface area (Å²) < 4.78 is 5.11. The van der Waals surface area contributed by atoms with Crippen LogP contribution in [-0.2, 0) is 0 Å². The Morgan fingerprint density at radius 3 is 1.81 bits per heavy atom. The average molecular weight is 232 g/mol. The molecular formula is C13H13O2P. The first-order valence-electron chi connectivity index (χ1n) is 4.98. The fourth-order valence-corrected chi connectivity index (χ4v) is 1.84. The summed E-state index contributed by atoms with van der Waals surface area (Å²) in [5.41, 5.74) is 2.29. The van der Waals surface area contributed by atoms with Crippen molar-refractivity contribution in [3.05, 3.63) is 48.5 Å². The van der Waals surface area contributed by atoms with Gasteiger partial charge in [0.05, 0.1) is 7.11 Å². The summed E-state index contributed by atoms with van der Waals surface area (Å²) in [4.78, 5) is 8.98. The number of ether oxygens (including phenoxy) is 1. The Kier molecular flexibility index (Phi) is 3.55. The predicted octanol–water partition coefficient (Wildman–Crippen LogP) is 2.57. The molecule has 1 unspecified atom stereocenters. The van der Waals surface area contributed by atoms with Crippen molar-refractivity contribution in [2.75, 3.05) is 7.11 Å². The summed E-state index contributed by atoms with van der Waals surface area (Å²) >= 11 is 0. The minimum absolute atomic E-state index is 0.138. The topological polar surface area (TPSA) is 29.5 Å². The molecular weight excluding hydrogens is 219 g/mol. The number of hydrogen-bond acceptors (Lipinski definition) is 2. The van der Waals surface area contributed by atoms with Crippen LogP contribution in [0.25, 0.3) is 11.1 Å². The largest absolute Gasteiger partial charge is 0.497 e. The highest BCUT2D eigenvalue weighted by atomic mass is 31.1. The van der Waals surface area contributed by atoms with Crippen LogP contribution in [0, 0.1) is 0 Å². The molecule has 1 N–H and O–H groups in total. The average Bonchev–Trinajstić information content (AvgIpc) is 2.39. The summed E-state index contributed by atoms with van der Waals surface area (Å²) in [5.74, 6) is 0.859. The van der Waals surface area contributed by atoms with Gasteiger partial charge in [0.15, 0.2) is 0 Å². The molecule has 2 nitrogen and oxygen atoms in total. The van der Waals surface area contributed by atoms with Crippen molar-refractivity contribution in [2.45, 2.75) is 0 Å². The van der Waals surface area contributed by atoms with Crippen LogP contribution in [0.15, 0.2) is 48.5 Å². The number of methoxy groups -OCH3 is 1. The van der Waals surface area contributed by atoms with Gasteiger partial charge < -0.3 is 9.63 Å². The zero-order chi connectivity index (χ0) is 11.4. The third-order valence-corrected chi connectivity index (χ3v) is 3.03. The van der Waals surface area contributed by atoms with Gasteiger partial charge in [0.25, 0.3) is 0 Å². The SMILES string of the molecule is COc1ccc(-c2ccc(PO)cc2)cc1. The lowest BCUT2D eigenvalue weighted by atomic mass is 10.1. The van der Waals surface area contributed by atoms with E-state index in [1.807, 2.05) is 48.5 Å². The van der Waals surface area contributed by atoms with Crippen LogP contribution in [0.4, 0.5) is 0 Å². The van der Waals surface area contributed by atoms with E-state index in [1.54, 1.807) is 7.11 Å². The molecule has 2 rings (SSSR count). The second-order valence-corrected chi connectivity index (χ2v) is 4.22. The molecule has 0 aromatic heterocycles. The normalized spacial score (nSPS) is 10.9. The molecule has 0 aliphatic rings. The van der Waals surface area contributed by atoms with Gasteiger partial charge in [0.2, 0.25) is 0 Å². The fraction of sp³-hybridized carbons (Fsp3) is 0.0769. The van der Waals surface area contributed by atoms with E-state index in [1.165, 1.54) is 0 Å². The molecule has 0 radical (unpaired) electrons. The van der Waals surface area contributed by atoms with Crippen LogP contribution in [0.2, 0.25) is 0 Å². The summed E-state index contributed by atoms with van der Waals surface area (Å²) in [7, 11) is 1.52. The molecule has 2 aromatic rings. The first-order chi connectivity index (χ1) is 7.83. The second kappa shape index (κ2) is 5.11. The molecule has 0 aliphatic carbocycles. The Bertz CT molecular complexity index is 403. The summed E-state index contributed by atoms with van der Waals surface area (Å²) in [6, 6.07) is 15.8. The first-order valence-corrected chi connectivity index (χ1v) is 5.93. The minimum Gasteiger partial charge on any atom is -0.497 e. The lowest BCUT2D eigenvalue weighted by molar-refractivity contribution is 0.415. The Balaban J connectivity index is 2.28. The van der Waals surface area contributed by atoms with Crippen LogP contribution in [0.5, 0.6) is 5.75 Å². The van der Waals surface area contributed by atoms with Crippen molar-refractivity contribution in [1.82, 2.24) is 0 Å². The van der Waals surface area contributed by atoms with Gasteiger partial charge in [-0.05, 0) is 28.6 Å². The van der Waals surface area contributed by atoms with Crippen molar-refractivity contribution in [2.24, 2.45) is 0 Å². The van der Waals surface area contributed by atoms with Crippen molar-refractivity contribution >= 4 is 14.1 Å². The fourth-order valence-electron chi connectivity index (χ4n) is 1.52. The molecule has 82 valence electrons. The molecule has 0 saturated heterocycles. The zero-order valence-corrected chi connectivity index (χ0v) is 9.97. The lowest BCUT2D eigenvalue weighted by Crippen LogP contribution is -1.91.